The van der Waals surface area contributed by atoms with Crippen molar-refractivity contribution in [2.75, 3.05) is 29.9 Å². The van der Waals surface area contributed by atoms with Crippen LogP contribution in [0.4, 0.5) is 10.7 Å². The van der Waals surface area contributed by atoms with E-state index in [4.69, 9.17) is 4.99 Å². The van der Waals surface area contributed by atoms with Crippen molar-refractivity contribution in [3.05, 3.63) is 47.3 Å². The maximum Gasteiger partial charge on any atom is 0.227 e. The number of carbonyl (C=O) groups excluding carboxylic acids is 1. The molecule has 1 aliphatic carbocycles. The van der Waals surface area contributed by atoms with Gasteiger partial charge >= 0.3 is 0 Å². The van der Waals surface area contributed by atoms with Crippen molar-refractivity contribution in [1.82, 2.24) is 10.6 Å². The van der Waals surface area contributed by atoms with Crippen LogP contribution in [0.3, 0.4) is 0 Å². The first-order valence-electron chi connectivity index (χ1n) is 11.4. The Labute approximate surface area is 212 Å². The smallest absolute Gasteiger partial charge is 0.227 e. The molecule has 0 spiro atoms. The molecule has 4 rings (SSSR count). The van der Waals surface area contributed by atoms with Crippen molar-refractivity contribution in [3.8, 4) is 0 Å². The van der Waals surface area contributed by atoms with Crippen molar-refractivity contribution >= 4 is 57.9 Å². The van der Waals surface area contributed by atoms with Gasteiger partial charge in [-0.25, -0.2) is 4.99 Å². The molecule has 1 aromatic heterocycles. The van der Waals surface area contributed by atoms with Crippen LogP contribution in [0.25, 0.3) is 0 Å². The quantitative estimate of drug-likeness (QED) is 0.255. The van der Waals surface area contributed by atoms with Crippen LogP contribution >= 0.6 is 35.3 Å². The number of thiophene rings is 1. The molecule has 1 aromatic carbocycles. The Kier molecular flexibility index (Phi) is 9.65. The monoisotopic (exact) mass is 567 g/mol. The fraction of sp³-hybridized carbons (Fsp3) is 0.500. The number of guanidine groups is 1. The van der Waals surface area contributed by atoms with Crippen LogP contribution < -0.4 is 20.9 Å². The van der Waals surface area contributed by atoms with Gasteiger partial charge < -0.3 is 20.9 Å². The second-order valence-electron chi connectivity index (χ2n) is 8.37. The van der Waals surface area contributed by atoms with Gasteiger partial charge in [-0.15, -0.1) is 35.3 Å². The van der Waals surface area contributed by atoms with Gasteiger partial charge in [0.1, 0.15) is 0 Å². The summed E-state index contributed by atoms with van der Waals surface area (Å²) in [5.74, 6) is 1.20. The van der Waals surface area contributed by atoms with E-state index in [0.29, 0.717) is 12.6 Å². The van der Waals surface area contributed by atoms with Crippen LogP contribution in [0.15, 0.2) is 46.8 Å². The van der Waals surface area contributed by atoms with Crippen molar-refractivity contribution in [2.45, 2.75) is 51.6 Å². The summed E-state index contributed by atoms with van der Waals surface area (Å²) in [6.45, 7) is 5.64. The molecule has 1 aliphatic heterocycles. The minimum atomic E-state index is 0. The largest absolute Gasteiger partial charge is 0.363 e. The summed E-state index contributed by atoms with van der Waals surface area (Å²) in [7, 11) is 0. The topological polar surface area (TPSA) is 68.8 Å². The van der Waals surface area contributed by atoms with Crippen LogP contribution in [0.2, 0.25) is 0 Å². The SMILES string of the molecule is CCNC(=NCc1cccc(NC(=O)C2CCC2)c1)NC1CCN(c2cccs2)CC1.I. The predicted molar refractivity (Wildman–Crippen MR) is 145 cm³/mol. The Hall–Kier alpha value is -1.81. The lowest BCUT2D eigenvalue weighted by Gasteiger charge is -2.33. The van der Waals surface area contributed by atoms with Crippen LogP contribution in [-0.2, 0) is 11.3 Å². The summed E-state index contributed by atoms with van der Waals surface area (Å²) in [5.41, 5.74) is 1.96. The van der Waals surface area contributed by atoms with Crippen molar-refractivity contribution in [1.29, 1.82) is 0 Å². The van der Waals surface area contributed by atoms with Crippen molar-refractivity contribution in [3.63, 3.8) is 0 Å². The Balaban J connectivity index is 0.00000289. The van der Waals surface area contributed by atoms with E-state index in [2.05, 4.69) is 51.4 Å². The number of rotatable bonds is 7. The van der Waals surface area contributed by atoms with Gasteiger partial charge in [-0.1, -0.05) is 18.6 Å². The number of nitrogens with one attached hydrogen (secondary N) is 3. The Morgan fingerprint density at radius 3 is 2.62 bits per heavy atom. The number of anilines is 2. The van der Waals surface area contributed by atoms with E-state index in [9.17, 15) is 4.79 Å². The zero-order valence-corrected chi connectivity index (χ0v) is 21.8. The van der Waals surface area contributed by atoms with Gasteiger partial charge in [0.15, 0.2) is 5.96 Å². The maximum atomic E-state index is 12.2. The number of benzene rings is 1. The maximum absolute atomic E-state index is 12.2. The molecule has 3 N–H and O–H groups in total. The van der Waals surface area contributed by atoms with E-state index in [0.717, 1.165) is 62.5 Å². The number of amides is 1. The number of hydrogen-bond acceptors (Lipinski definition) is 4. The lowest BCUT2D eigenvalue weighted by atomic mass is 9.85. The van der Waals surface area contributed by atoms with E-state index in [1.54, 1.807) is 0 Å². The minimum Gasteiger partial charge on any atom is -0.363 e. The molecular formula is C24H34IN5OS. The normalized spacial score (nSPS) is 17.3. The number of carbonyl (C=O) groups is 1. The molecule has 1 saturated carbocycles. The van der Waals surface area contributed by atoms with E-state index >= 15 is 0 Å². The predicted octanol–water partition coefficient (Wildman–Crippen LogP) is 4.83. The third-order valence-corrected chi connectivity index (χ3v) is 7.02. The van der Waals surface area contributed by atoms with Gasteiger partial charge in [0, 0.05) is 37.3 Å². The van der Waals surface area contributed by atoms with Crippen LogP contribution in [0.1, 0.15) is 44.6 Å². The molecule has 2 aliphatic rings. The molecule has 2 aromatic rings. The van der Waals surface area contributed by atoms with Crippen LogP contribution in [0, 0.1) is 5.92 Å². The number of aliphatic imine (C=N–C) groups is 1. The molecule has 2 fully saturated rings. The average Bonchev–Trinajstić information content (AvgIpc) is 3.27. The summed E-state index contributed by atoms with van der Waals surface area (Å²) < 4.78 is 0. The molecule has 2 heterocycles. The fourth-order valence-electron chi connectivity index (χ4n) is 4.04. The Morgan fingerprint density at radius 2 is 1.97 bits per heavy atom. The summed E-state index contributed by atoms with van der Waals surface area (Å²) in [5, 5.41) is 13.6. The molecule has 0 bridgehead atoms. The number of halogens is 1. The first kappa shape index (κ1) is 24.8. The molecule has 32 heavy (non-hydrogen) atoms. The average molecular weight is 568 g/mol. The van der Waals surface area contributed by atoms with Gasteiger partial charge in [0.25, 0.3) is 0 Å². The highest BCUT2D eigenvalue weighted by Crippen LogP contribution is 2.28. The van der Waals surface area contributed by atoms with Gasteiger partial charge in [-0.2, -0.15) is 0 Å². The summed E-state index contributed by atoms with van der Waals surface area (Å²) in [6.07, 6.45) is 5.40. The third kappa shape index (κ3) is 6.84. The zero-order valence-electron chi connectivity index (χ0n) is 18.7. The highest BCUT2D eigenvalue weighted by molar-refractivity contribution is 14.0. The van der Waals surface area contributed by atoms with Crippen LogP contribution in [-0.4, -0.2) is 37.5 Å². The second kappa shape index (κ2) is 12.4. The van der Waals surface area contributed by atoms with Gasteiger partial charge in [0.05, 0.1) is 11.5 Å². The van der Waals surface area contributed by atoms with E-state index in [1.807, 2.05) is 29.5 Å². The van der Waals surface area contributed by atoms with Gasteiger partial charge in [-0.3, -0.25) is 4.79 Å². The summed E-state index contributed by atoms with van der Waals surface area (Å²) in [4.78, 5) is 19.5. The Bertz CT molecular complexity index is 876. The van der Waals surface area contributed by atoms with Gasteiger partial charge in [-0.05, 0) is 67.8 Å². The van der Waals surface area contributed by atoms with Crippen LogP contribution in [0.5, 0.6) is 0 Å². The van der Waals surface area contributed by atoms with E-state index in [1.165, 1.54) is 11.4 Å². The molecule has 0 unspecified atom stereocenters. The summed E-state index contributed by atoms with van der Waals surface area (Å²) >= 11 is 1.81. The first-order chi connectivity index (χ1) is 15.2. The van der Waals surface area contributed by atoms with Gasteiger partial charge in [0.2, 0.25) is 5.91 Å². The molecule has 174 valence electrons. The molecule has 1 saturated heterocycles. The second-order valence-corrected chi connectivity index (χ2v) is 9.30. The number of hydrogen-bond donors (Lipinski definition) is 3. The molecular weight excluding hydrogens is 533 g/mol. The highest BCUT2D eigenvalue weighted by atomic mass is 127. The minimum absolute atomic E-state index is 0. The molecule has 8 heteroatoms. The molecule has 0 radical (unpaired) electrons. The standard InChI is InChI=1S/C24H33N5OS.HI/c1-2-25-24(28-20-11-13-29(14-12-20)22-10-5-15-31-22)26-17-18-6-3-9-21(16-18)27-23(30)19-7-4-8-19;/h3,5-6,9-10,15-16,19-20H,2,4,7-8,11-14,17H2,1H3,(H,27,30)(H2,25,26,28);1H. The molecule has 6 nitrogen and oxygen atoms in total. The number of piperidine rings is 1. The zero-order chi connectivity index (χ0) is 21.5. The van der Waals surface area contributed by atoms with Crippen molar-refractivity contribution in [2.24, 2.45) is 10.9 Å². The third-order valence-electron chi connectivity index (χ3n) is 6.09. The Morgan fingerprint density at radius 1 is 1.16 bits per heavy atom. The highest BCUT2D eigenvalue weighted by Gasteiger charge is 2.25. The van der Waals surface area contributed by atoms with E-state index in [-0.39, 0.29) is 35.8 Å². The molecule has 1 amide bonds. The summed E-state index contributed by atoms with van der Waals surface area (Å²) in [6, 6.07) is 12.8. The first-order valence-corrected chi connectivity index (χ1v) is 12.3. The van der Waals surface area contributed by atoms with E-state index < -0.39 is 0 Å². The fourth-order valence-corrected chi connectivity index (χ4v) is 4.83. The van der Waals surface area contributed by atoms with Crippen molar-refractivity contribution < 1.29 is 4.79 Å². The number of nitrogens with zero attached hydrogens (tertiary/aromatic N) is 2. The lowest BCUT2D eigenvalue weighted by Crippen LogP contribution is -2.48. The lowest BCUT2D eigenvalue weighted by molar-refractivity contribution is -0.122. The molecule has 0 atom stereocenters.